The number of carbonyl (C=O) groups is 4. The monoisotopic (exact) mass is 593 g/mol. The Morgan fingerprint density at radius 2 is 1.79 bits per heavy atom. The Morgan fingerprint density at radius 1 is 1.07 bits per heavy atom. The Balaban J connectivity index is 1.64. The van der Waals surface area contributed by atoms with Crippen molar-refractivity contribution in [3.8, 4) is 0 Å². The first-order chi connectivity index (χ1) is 20.6. The van der Waals surface area contributed by atoms with Gasteiger partial charge in [0.2, 0.25) is 17.7 Å². The van der Waals surface area contributed by atoms with Crippen LogP contribution in [0.15, 0.2) is 54.6 Å². The first-order valence-corrected chi connectivity index (χ1v) is 15.3. The Hall–Kier alpha value is -3.50. The van der Waals surface area contributed by atoms with Gasteiger partial charge in [-0.15, -0.1) is 0 Å². The number of fused-ring (bicyclic) bond motifs is 2. The molecule has 232 valence electrons. The molecule has 0 bridgehead atoms. The van der Waals surface area contributed by atoms with Gasteiger partial charge in [0.1, 0.15) is 23.7 Å². The van der Waals surface area contributed by atoms with Gasteiger partial charge in [-0.2, -0.15) is 0 Å². The predicted molar refractivity (Wildman–Crippen MR) is 158 cm³/mol. The highest BCUT2D eigenvalue weighted by Crippen LogP contribution is 2.54. The van der Waals surface area contributed by atoms with Crippen LogP contribution < -0.4 is 0 Å². The van der Waals surface area contributed by atoms with Crippen molar-refractivity contribution in [2.24, 2.45) is 11.8 Å². The van der Waals surface area contributed by atoms with Crippen molar-refractivity contribution < 1.29 is 33.8 Å². The van der Waals surface area contributed by atoms with Gasteiger partial charge < -0.3 is 29.3 Å². The van der Waals surface area contributed by atoms with Crippen LogP contribution in [0.5, 0.6) is 0 Å². The van der Waals surface area contributed by atoms with Gasteiger partial charge in [0.15, 0.2) is 0 Å². The van der Waals surface area contributed by atoms with Crippen LogP contribution in [0.3, 0.4) is 0 Å². The lowest BCUT2D eigenvalue weighted by Crippen LogP contribution is -2.58. The molecule has 1 N–H and O–H groups in total. The molecule has 3 amide bonds. The zero-order valence-corrected chi connectivity index (χ0v) is 25.6. The van der Waals surface area contributed by atoms with Crippen molar-refractivity contribution in [2.45, 2.75) is 88.9 Å². The van der Waals surface area contributed by atoms with Crippen molar-refractivity contribution in [3.63, 3.8) is 0 Å². The van der Waals surface area contributed by atoms with Gasteiger partial charge in [-0.05, 0) is 39.2 Å². The summed E-state index contributed by atoms with van der Waals surface area (Å²) in [4.78, 5) is 60.9. The normalized spacial score (nSPS) is 34.6. The molecule has 10 nitrogen and oxygen atoms in total. The summed E-state index contributed by atoms with van der Waals surface area (Å²) in [7, 11) is 1.70. The molecule has 10 heteroatoms. The maximum atomic E-state index is 14.5. The topological polar surface area (TPSA) is 117 Å². The molecule has 0 radical (unpaired) electrons. The smallest absolute Gasteiger partial charge is 0.313 e. The van der Waals surface area contributed by atoms with E-state index in [0.717, 1.165) is 5.56 Å². The molecule has 4 heterocycles. The Kier molecular flexibility index (Phi) is 8.81. The average Bonchev–Trinajstić information content (AvgIpc) is 3.38. The fourth-order valence-electron chi connectivity index (χ4n) is 7.12. The molecule has 0 unspecified atom stereocenters. The number of carbonyl (C=O) groups excluding carboxylic acids is 4. The van der Waals surface area contributed by atoms with Crippen molar-refractivity contribution in [3.05, 3.63) is 60.2 Å². The number of likely N-dealkylation sites (tertiary alicyclic amines) is 1. The van der Waals surface area contributed by atoms with E-state index in [1.54, 1.807) is 35.1 Å². The Labute approximate surface area is 253 Å². The van der Waals surface area contributed by atoms with Gasteiger partial charge in [0.05, 0.1) is 30.7 Å². The van der Waals surface area contributed by atoms with Crippen molar-refractivity contribution in [1.29, 1.82) is 0 Å². The second-order valence-electron chi connectivity index (χ2n) is 12.3. The van der Waals surface area contributed by atoms with E-state index in [1.165, 1.54) is 4.90 Å². The molecule has 5 rings (SSSR count). The number of aliphatic hydroxyl groups excluding tert-OH is 1. The Bertz CT molecular complexity index is 1290. The largest absolute Gasteiger partial charge is 0.455 e. The minimum atomic E-state index is -1.43. The number of benzene rings is 1. The van der Waals surface area contributed by atoms with Crippen LogP contribution in [0.4, 0.5) is 0 Å². The maximum Gasteiger partial charge on any atom is 0.313 e. The van der Waals surface area contributed by atoms with Crippen molar-refractivity contribution >= 4 is 23.7 Å². The van der Waals surface area contributed by atoms with Crippen LogP contribution >= 0.6 is 0 Å². The maximum absolute atomic E-state index is 14.5. The number of aliphatic hydroxyl groups is 1. The lowest BCUT2D eigenvalue weighted by atomic mass is 9.77. The number of amides is 3. The molecule has 1 spiro atoms. The highest BCUT2D eigenvalue weighted by molar-refractivity contribution is 5.99. The van der Waals surface area contributed by atoms with E-state index in [-0.39, 0.29) is 30.9 Å². The van der Waals surface area contributed by atoms with Gasteiger partial charge in [-0.1, -0.05) is 61.6 Å². The molecule has 0 aliphatic carbocycles. The molecule has 0 aromatic heterocycles. The van der Waals surface area contributed by atoms with Gasteiger partial charge in [-0.25, -0.2) is 0 Å². The lowest BCUT2D eigenvalue weighted by molar-refractivity contribution is -0.164. The lowest BCUT2D eigenvalue weighted by Gasteiger charge is -2.39. The van der Waals surface area contributed by atoms with Crippen molar-refractivity contribution in [2.75, 3.05) is 20.2 Å². The summed E-state index contributed by atoms with van der Waals surface area (Å²) in [6, 6.07) is 6.95. The highest BCUT2D eigenvalue weighted by atomic mass is 16.6. The highest BCUT2D eigenvalue weighted by Gasteiger charge is 2.72. The van der Waals surface area contributed by atoms with Crippen LogP contribution in [0.1, 0.15) is 58.6 Å². The molecule has 2 saturated heterocycles. The van der Waals surface area contributed by atoms with E-state index in [4.69, 9.17) is 9.47 Å². The third kappa shape index (κ3) is 5.18. The summed E-state index contributed by atoms with van der Waals surface area (Å²) in [6.07, 6.45) is 6.61. The molecule has 4 aliphatic heterocycles. The van der Waals surface area contributed by atoms with E-state index >= 15 is 0 Å². The third-order valence-electron chi connectivity index (χ3n) is 9.60. The summed E-state index contributed by atoms with van der Waals surface area (Å²) < 4.78 is 13.0. The summed E-state index contributed by atoms with van der Waals surface area (Å²) in [5, 5.41) is 10.3. The van der Waals surface area contributed by atoms with Crippen LogP contribution in [0.2, 0.25) is 0 Å². The molecule has 1 aromatic rings. The zero-order chi connectivity index (χ0) is 31.1. The number of esters is 1. The molecule has 43 heavy (non-hydrogen) atoms. The summed E-state index contributed by atoms with van der Waals surface area (Å²) >= 11 is 0. The number of hydrogen-bond acceptors (Lipinski definition) is 7. The number of allylic oxidation sites excluding steroid dienone is 1. The molecule has 0 saturated carbocycles. The number of hydrogen-bond donors (Lipinski definition) is 1. The van der Waals surface area contributed by atoms with Gasteiger partial charge in [0.25, 0.3) is 0 Å². The fraction of sp³-hybridized carbons (Fsp3) is 0.576. The molecule has 8 atom stereocenters. The number of cyclic esters (lactones) is 1. The standard InChI is InChI=1S/C33H43N3O7/c1-6-23(19-37)36-29-31(40)35(20(2)3)18-12-17-33(29)27(30(36)39)26-24(43-33)15-10-11-16-25(38)34(5)21(4)28(42-32(26)41)22-13-8-7-9-14-22/h7-10,12-15,17,20-21,23-24,26-29,37H,6,11,16,18-19H2,1-5H3/b15-10-/t21-,23-,24-,26+,27+,28+,29-,33+/m0/s1. The molecule has 2 fully saturated rings. The Morgan fingerprint density at radius 3 is 2.44 bits per heavy atom. The van der Waals surface area contributed by atoms with Gasteiger partial charge in [0, 0.05) is 26.1 Å². The fourth-order valence-corrected chi connectivity index (χ4v) is 7.12. The molecular weight excluding hydrogens is 550 g/mol. The third-order valence-corrected chi connectivity index (χ3v) is 9.60. The van der Waals surface area contributed by atoms with Crippen LogP contribution in [-0.4, -0.2) is 99.6 Å². The summed E-state index contributed by atoms with van der Waals surface area (Å²) in [5.74, 6) is -3.48. The minimum Gasteiger partial charge on any atom is -0.455 e. The number of likely N-dealkylation sites (N-methyl/N-ethyl adjacent to an activating group) is 1. The minimum absolute atomic E-state index is 0.0828. The van der Waals surface area contributed by atoms with E-state index in [0.29, 0.717) is 19.4 Å². The van der Waals surface area contributed by atoms with Crippen LogP contribution in [0, 0.1) is 11.8 Å². The van der Waals surface area contributed by atoms with Crippen LogP contribution in [-0.2, 0) is 28.7 Å². The summed E-state index contributed by atoms with van der Waals surface area (Å²) in [6.45, 7) is 7.53. The van der Waals surface area contributed by atoms with E-state index in [2.05, 4.69) is 0 Å². The number of rotatable bonds is 5. The van der Waals surface area contributed by atoms with E-state index in [1.807, 2.05) is 64.1 Å². The molecular formula is C33H43N3O7. The average molecular weight is 594 g/mol. The second kappa shape index (κ2) is 12.2. The van der Waals surface area contributed by atoms with E-state index in [9.17, 15) is 24.3 Å². The number of nitrogens with zero attached hydrogens (tertiary/aromatic N) is 3. The molecule has 4 aliphatic rings. The summed E-state index contributed by atoms with van der Waals surface area (Å²) in [5.41, 5.74) is -0.707. The first kappa shape index (κ1) is 30.9. The first-order valence-electron chi connectivity index (χ1n) is 15.3. The SMILES string of the molecule is CC[C@@H](CO)N1C(=O)[C@H]2[C@@H]3C(=O)O[C@@H](c4ccccc4)[C@H](C)N(C)C(=O)CC/C=C\[C@@H]3O[C@]23C=CCN(C(C)C)C(=O)[C@H]13. The van der Waals surface area contributed by atoms with Gasteiger partial charge in [-0.3, -0.25) is 19.2 Å². The van der Waals surface area contributed by atoms with E-state index < -0.39 is 59.6 Å². The molecule has 1 aromatic carbocycles. The quantitative estimate of drug-likeness (QED) is 0.412. The van der Waals surface area contributed by atoms with Crippen LogP contribution in [0.25, 0.3) is 0 Å². The van der Waals surface area contributed by atoms with Crippen molar-refractivity contribution in [1.82, 2.24) is 14.7 Å². The predicted octanol–water partition coefficient (Wildman–Crippen LogP) is 2.63. The zero-order valence-electron chi connectivity index (χ0n) is 25.6. The number of ether oxygens (including phenoxy) is 2. The second-order valence-corrected chi connectivity index (χ2v) is 12.3. The van der Waals surface area contributed by atoms with Gasteiger partial charge >= 0.3 is 5.97 Å².